The molecule has 27 heavy (non-hydrogen) atoms. The Bertz CT molecular complexity index is 992. The van der Waals surface area contributed by atoms with Crippen molar-refractivity contribution in [2.45, 2.75) is 0 Å². The molecule has 2 heterocycles. The number of amides is 3. The van der Waals surface area contributed by atoms with Crippen LogP contribution in [0.1, 0.15) is 5.76 Å². The molecule has 1 fully saturated rings. The summed E-state index contributed by atoms with van der Waals surface area (Å²) < 4.78 is 45.6. The van der Waals surface area contributed by atoms with Gasteiger partial charge >= 0.3 is 0 Å². The van der Waals surface area contributed by atoms with E-state index in [0.717, 1.165) is 6.07 Å². The zero-order chi connectivity index (χ0) is 19.7. The predicted molar refractivity (Wildman–Crippen MR) is 99.0 cm³/mol. The summed E-state index contributed by atoms with van der Waals surface area (Å²) in [5.74, 6) is -6.04. The van der Waals surface area contributed by atoms with Crippen LogP contribution in [-0.4, -0.2) is 28.5 Å². The van der Waals surface area contributed by atoms with Gasteiger partial charge in [-0.1, -0.05) is 0 Å². The number of imide groups is 1. The van der Waals surface area contributed by atoms with E-state index in [4.69, 9.17) is 4.42 Å². The number of hydrogen-bond donors (Lipinski definition) is 1. The highest BCUT2D eigenvalue weighted by molar-refractivity contribution is 14.1. The van der Waals surface area contributed by atoms with Crippen molar-refractivity contribution in [2.24, 2.45) is 0 Å². The molecule has 1 aliphatic heterocycles. The number of carbonyl (C=O) groups is 3. The Morgan fingerprint density at radius 2 is 1.93 bits per heavy atom. The second-order valence-corrected chi connectivity index (χ2v) is 7.24. The lowest BCUT2D eigenvalue weighted by atomic mass is 10.2. The summed E-state index contributed by atoms with van der Waals surface area (Å²) in [7, 11) is 0. The third kappa shape index (κ3) is 4.18. The number of benzene rings is 1. The van der Waals surface area contributed by atoms with Gasteiger partial charge in [-0.15, -0.1) is 0 Å². The molecule has 1 aromatic carbocycles. The van der Waals surface area contributed by atoms with Gasteiger partial charge in [-0.2, -0.15) is 0 Å². The molecular formula is C16H8F3IN2O4S. The van der Waals surface area contributed by atoms with E-state index in [9.17, 15) is 27.6 Å². The summed E-state index contributed by atoms with van der Waals surface area (Å²) in [6.07, 6.45) is 1.36. The van der Waals surface area contributed by atoms with E-state index in [-0.39, 0.29) is 4.91 Å². The van der Waals surface area contributed by atoms with Gasteiger partial charge in [0.05, 0.1) is 10.6 Å². The molecule has 3 rings (SSSR count). The number of carbonyl (C=O) groups excluding carboxylic acids is 3. The number of halogens is 4. The van der Waals surface area contributed by atoms with Gasteiger partial charge in [-0.25, -0.2) is 13.2 Å². The second-order valence-electron chi connectivity index (χ2n) is 5.18. The molecule has 1 aromatic heterocycles. The van der Waals surface area contributed by atoms with Gasteiger partial charge in [0.25, 0.3) is 11.1 Å². The Morgan fingerprint density at radius 1 is 1.19 bits per heavy atom. The molecule has 1 saturated heterocycles. The Morgan fingerprint density at radius 3 is 2.59 bits per heavy atom. The van der Waals surface area contributed by atoms with Crippen LogP contribution in [0.5, 0.6) is 0 Å². The quantitative estimate of drug-likeness (QED) is 0.384. The number of thioether (sulfide) groups is 1. The fourth-order valence-electron chi connectivity index (χ4n) is 2.13. The molecule has 0 aliphatic carbocycles. The molecule has 0 radical (unpaired) electrons. The molecule has 11 heteroatoms. The minimum atomic E-state index is -1.74. The first-order chi connectivity index (χ1) is 12.8. The Hall–Kier alpha value is -2.28. The first-order valence-electron chi connectivity index (χ1n) is 7.20. The summed E-state index contributed by atoms with van der Waals surface area (Å²) >= 11 is 2.55. The highest BCUT2D eigenvalue weighted by atomic mass is 127. The van der Waals surface area contributed by atoms with Crippen molar-refractivity contribution in [2.75, 3.05) is 11.9 Å². The van der Waals surface area contributed by atoms with Gasteiger partial charge in [-0.3, -0.25) is 19.3 Å². The summed E-state index contributed by atoms with van der Waals surface area (Å²) in [6.45, 7) is -0.712. The van der Waals surface area contributed by atoms with Crippen LogP contribution in [0, 0.1) is 21.2 Å². The molecule has 140 valence electrons. The minimum absolute atomic E-state index is 0.0533. The summed E-state index contributed by atoms with van der Waals surface area (Å²) in [6, 6.07) is 4.74. The van der Waals surface area contributed by atoms with E-state index >= 15 is 0 Å². The van der Waals surface area contributed by atoms with Gasteiger partial charge in [0.15, 0.2) is 21.2 Å². The van der Waals surface area contributed by atoms with Crippen molar-refractivity contribution in [3.63, 3.8) is 0 Å². The van der Waals surface area contributed by atoms with Crippen LogP contribution in [0.2, 0.25) is 0 Å². The van der Waals surface area contributed by atoms with E-state index < -0.39 is 46.7 Å². The highest BCUT2D eigenvalue weighted by Gasteiger charge is 2.36. The van der Waals surface area contributed by atoms with Gasteiger partial charge < -0.3 is 9.73 Å². The normalized spacial score (nSPS) is 15.7. The van der Waals surface area contributed by atoms with Crippen molar-refractivity contribution < 1.29 is 32.0 Å². The minimum Gasteiger partial charge on any atom is -0.451 e. The third-order valence-corrected chi connectivity index (χ3v) is 4.84. The number of nitrogens with one attached hydrogen (secondary N) is 1. The van der Waals surface area contributed by atoms with Crippen LogP contribution in [0.15, 0.2) is 33.6 Å². The first kappa shape index (κ1) is 19.5. The first-order valence-corrected chi connectivity index (χ1v) is 9.10. The van der Waals surface area contributed by atoms with E-state index in [2.05, 4.69) is 0 Å². The topological polar surface area (TPSA) is 79.6 Å². The highest BCUT2D eigenvalue weighted by Crippen LogP contribution is 2.32. The maximum atomic E-state index is 13.6. The van der Waals surface area contributed by atoms with Crippen LogP contribution in [0.3, 0.4) is 0 Å². The molecule has 0 spiro atoms. The van der Waals surface area contributed by atoms with Gasteiger partial charge in [0.2, 0.25) is 5.91 Å². The van der Waals surface area contributed by atoms with Crippen LogP contribution in [-0.2, 0) is 9.59 Å². The zero-order valence-corrected chi connectivity index (χ0v) is 16.1. The van der Waals surface area contributed by atoms with Gasteiger partial charge in [-0.05, 0) is 58.6 Å². The van der Waals surface area contributed by atoms with Gasteiger partial charge in [0, 0.05) is 6.08 Å². The number of anilines is 1. The molecule has 2 aromatic rings. The Balaban J connectivity index is 1.71. The van der Waals surface area contributed by atoms with E-state index in [1.807, 2.05) is 27.9 Å². The fourth-order valence-corrected chi connectivity index (χ4v) is 3.38. The largest absolute Gasteiger partial charge is 0.451 e. The van der Waals surface area contributed by atoms with Crippen molar-refractivity contribution in [3.8, 4) is 0 Å². The van der Waals surface area contributed by atoms with Gasteiger partial charge in [0.1, 0.15) is 12.3 Å². The average Bonchev–Trinajstić information content (AvgIpc) is 3.14. The SMILES string of the molecule is O=C(CN1C(=O)S/C(=C\c2ccc(I)o2)C1=O)Nc1ccc(F)c(F)c1F. The van der Waals surface area contributed by atoms with Crippen molar-refractivity contribution in [1.82, 2.24) is 4.90 Å². The molecule has 1 aliphatic rings. The molecule has 0 bridgehead atoms. The zero-order valence-electron chi connectivity index (χ0n) is 13.1. The summed E-state index contributed by atoms with van der Waals surface area (Å²) in [5, 5.41) is 1.30. The summed E-state index contributed by atoms with van der Waals surface area (Å²) in [4.78, 5) is 37.0. The molecule has 1 N–H and O–H groups in total. The smallest absolute Gasteiger partial charge is 0.294 e. The maximum absolute atomic E-state index is 13.6. The number of rotatable bonds is 4. The lowest BCUT2D eigenvalue weighted by molar-refractivity contribution is -0.127. The van der Waals surface area contributed by atoms with E-state index in [0.29, 0.717) is 32.3 Å². The second kappa shape index (κ2) is 7.76. The monoisotopic (exact) mass is 508 g/mol. The number of nitrogens with zero attached hydrogens (tertiary/aromatic N) is 1. The number of furan rings is 1. The molecule has 3 amide bonds. The van der Waals surface area contributed by atoms with Crippen LogP contribution >= 0.6 is 34.4 Å². The predicted octanol–water partition coefficient (Wildman–Crippen LogP) is 3.98. The van der Waals surface area contributed by atoms with Crippen LogP contribution < -0.4 is 5.32 Å². The molecular weight excluding hydrogens is 500 g/mol. The lowest BCUT2D eigenvalue weighted by Gasteiger charge is -2.13. The van der Waals surface area contributed by atoms with E-state index in [1.165, 1.54) is 6.08 Å². The molecule has 6 nitrogen and oxygen atoms in total. The maximum Gasteiger partial charge on any atom is 0.294 e. The lowest BCUT2D eigenvalue weighted by Crippen LogP contribution is -2.36. The Labute approximate surface area is 167 Å². The standard InChI is InChI=1S/C16H8F3IN2O4S/c17-8-2-3-9(14(19)13(8)18)21-12(23)6-22-15(24)10(27-16(22)25)5-7-1-4-11(20)26-7/h1-5H,6H2,(H,21,23)/b10-5-. The molecule has 0 atom stereocenters. The number of hydrogen-bond acceptors (Lipinski definition) is 5. The third-order valence-electron chi connectivity index (χ3n) is 3.35. The van der Waals surface area contributed by atoms with E-state index in [1.54, 1.807) is 12.1 Å². The van der Waals surface area contributed by atoms with Crippen molar-refractivity contribution in [3.05, 3.63) is 56.1 Å². The van der Waals surface area contributed by atoms with Crippen LogP contribution in [0.25, 0.3) is 6.08 Å². The van der Waals surface area contributed by atoms with Crippen molar-refractivity contribution in [1.29, 1.82) is 0 Å². The average molecular weight is 508 g/mol. The van der Waals surface area contributed by atoms with Crippen LogP contribution in [0.4, 0.5) is 23.7 Å². The van der Waals surface area contributed by atoms with Crippen molar-refractivity contribution >= 4 is 63.2 Å². The Kier molecular flexibility index (Phi) is 5.60. The molecule has 0 saturated carbocycles. The summed E-state index contributed by atoms with van der Waals surface area (Å²) in [5.41, 5.74) is -0.605. The molecule has 0 unspecified atom stereocenters. The fraction of sp³-hybridized carbons (Fsp3) is 0.0625.